The van der Waals surface area contributed by atoms with Crippen LogP contribution in [-0.4, -0.2) is 86.7 Å². The second-order valence-corrected chi connectivity index (χ2v) is 11.0. The van der Waals surface area contributed by atoms with E-state index in [9.17, 15) is 22.8 Å². The molecule has 0 aliphatic carbocycles. The van der Waals surface area contributed by atoms with Gasteiger partial charge < -0.3 is 14.5 Å². The van der Waals surface area contributed by atoms with E-state index < -0.39 is 10.0 Å². The van der Waals surface area contributed by atoms with Gasteiger partial charge in [0.1, 0.15) is 0 Å². The molecule has 0 saturated carbocycles. The fraction of sp³-hybridized carbons (Fsp3) is 0.625. The van der Waals surface area contributed by atoms with Crippen LogP contribution in [0.3, 0.4) is 0 Å². The van der Waals surface area contributed by atoms with Gasteiger partial charge in [-0.15, -0.1) is 0 Å². The third kappa shape index (κ3) is 6.79. The summed E-state index contributed by atoms with van der Waals surface area (Å²) in [5, 5.41) is 0. The summed E-state index contributed by atoms with van der Waals surface area (Å²) in [6.07, 6.45) is 2.28. The van der Waals surface area contributed by atoms with E-state index in [4.69, 9.17) is 4.74 Å². The van der Waals surface area contributed by atoms with Gasteiger partial charge in [-0.1, -0.05) is 30.3 Å². The maximum Gasteiger partial charge on any atom is 0.310 e. The van der Waals surface area contributed by atoms with Crippen molar-refractivity contribution in [3.05, 3.63) is 35.9 Å². The van der Waals surface area contributed by atoms with E-state index in [0.717, 1.165) is 12.0 Å². The molecule has 10 heteroatoms. The molecule has 0 spiro atoms. The number of benzene rings is 1. The summed E-state index contributed by atoms with van der Waals surface area (Å²) in [6.45, 7) is 3.48. The molecule has 1 aromatic carbocycles. The van der Waals surface area contributed by atoms with Gasteiger partial charge in [-0.05, 0) is 38.2 Å². The van der Waals surface area contributed by atoms with Crippen molar-refractivity contribution in [2.24, 2.45) is 11.8 Å². The van der Waals surface area contributed by atoms with Crippen LogP contribution in [0, 0.1) is 11.8 Å². The SMILES string of the molecule is CCOC(=O)C1CCCN(C(=O)CN(C)C(=O)C2CCN(S(=O)(=O)Cc3ccccc3)CC2)C1. The molecule has 2 fully saturated rings. The van der Waals surface area contributed by atoms with E-state index in [-0.39, 0.29) is 41.9 Å². The molecule has 0 aromatic heterocycles. The number of esters is 1. The Morgan fingerprint density at radius 1 is 1.03 bits per heavy atom. The molecular formula is C24H35N3O6S. The van der Waals surface area contributed by atoms with Crippen LogP contribution in [0.5, 0.6) is 0 Å². The molecule has 1 unspecified atom stereocenters. The van der Waals surface area contributed by atoms with E-state index in [1.54, 1.807) is 31.0 Å². The van der Waals surface area contributed by atoms with E-state index in [2.05, 4.69) is 0 Å². The lowest BCUT2D eigenvalue weighted by Crippen LogP contribution is -2.49. The van der Waals surface area contributed by atoms with Crippen LogP contribution in [0.2, 0.25) is 0 Å². The van der Waals surface area contributed by atoms with Crippen molar-refractivity contribution in [1.29, 1.82) is 0 Å². The fourth-order valence-corrected chi connectivity index (χ4v) is 6.17. The number of likely N-dealkylation sites (N-methyl/N-ethyl adjacent to an activating group) is 1. The van der Waals surface area contributed by atoms with Crippen LogP contribution in [0.15, 0.2) is 30.3 Å². The lowest BCUT2D eigenvalue weighted by atomic mass is 9.96. The van der Waals surface area contributed by atoms with E-state index in [1.165, 1.54) is 9.21 Å². The number of hydrogen-bond acceptors (Lipinski definition) is 6. The van der Waals surface area contributed by atoms with Crippen LogP contribution in [0.1, 0.15) is 38.2 Å². The minimum Gasteiger partial charge on any atom is -0.466 e. The zero-order valence-electron chi connectivity index (χ0n) is 20.0. The average Bonchev–Trinajstić information content (AvgIpc) is 2.84. The van der Waals surface area contributed by atoms with Crippen LogP contribution < -0.4 is 0 Å². The van der Waals surface area contributed by atoms with Gasteiger partial charge in [0.2, 0.25) is 21.8 Å². The Morgan fingerprint density at radius 3 is 2.35 bits per heavy atom. The molecule has 9 nitrogen and oxygen atoms in total. The largest absolute Gasteiger partial charge is 0.466 e. The van der Waals surface area contributed by atoms with E-state index in [1.807, 2.05) is 18.2 Å². The highest BCUT2D eigenvalue weighted by Crippen LogP contribution is 2.24. The molecule has 0 N–H and O–H groups in total. The summed E-state index contributed by atoms with van der Waals surface area (Å²) in [5.41, 5.74) is 0.738. The summed E-state index contributed by atoms with van der Waals surface area (Å²) in [6, 6.07) is 9.05. The predicted molar refractivity (Wildman–Crippen MR) is 127 cm³/mol. The molecule has 1 atom stereocenters. The second kappa shape index (κ2) is 11.8. The first-order chi connectivity index (χ1) is 16.2. The van der Waals surface area contributed by atoms with Crippen LogP contribution in [0.25, 0.3) is 0 Å². The Bertz CT molecular complexity index is 960. The normalized spacial score (nSPS) is 20.1. The van der Waals surface area contributed by atoms with Gasteiger partial charge in [-0.25, -0.2) is 12.7 Å². The smallest absolute Gasteiger partial charge is 0.310 e. The first-order valence-electron chi connectivity index (χ1n) is 11.9. The van der Waals surface area contributed by atoms with Gasteiger partial charge in [-0.2, -0.15) is 0 Å². The molecule has 0 bridgehead atoms. The Kier molecular flexibility index (Phi) is 9.07. The highest BCUT2D eigenvalue weighted by Gasteiger charge is 2.34. The molecule has 2 amide bonds. The molecule has 34 heavy (non-hydrogen) atoms. The van der Waals surface area contributed by atoms with Crippen molar-refractivity contribution in [2.75, 3.05) is 46.4 Å². The van der Waals surface area contributed by atoms with Gasteiger partial charge in [0.15, 0.2) is 0 Å². The van der Waals surface area contributed by atoms with Crippen molar-refractivity contribution in [1.82, 2.24) is 14.1 Å². The minimum absolute atomic E-state index is 0.0521. The van der Waals surface area contributed by atoms with Crippen molar-refractivity contribution in [3.8, 4) is 0 Å². The number of amides is 2. The summed E-state index contributed by atoms with van der Waals surface area (Å²) in [7, 11) is -1.84. The highest BCUT2D eigenvalue weighted by molar-refractivity contribution is 7.88. The zero-order chi connectivity index (χ0) is 24.7. The maximum absolute atomic E-state index is 12.9. The van der Waals surface area contributed by atoms with Gasteiger partial charge in [0.25, 0.3) is 0 Å². The zero-order valence-corrected chi connectivity index (χ0v) is 20.8. The second-order valence-electron chi connectivity index (χ2n) is 9.04. The molecular weight excluding hydrogens is 458 g/mol. The van der Waals surface area contributed by atoms with E-state index >= 15 is 0 Å². The predicted octanol–water partition coefficient (Wildman–Crippen LogP) is 1.49. The highest BCUT2D eigenvalue weighted by atomic mass is 32.2. The molecule has 2 saturated heterocycles. The Hall–Kier alpha value is -2.46. The Labute approximate surface area is 202 Å². The lowest BCUT2D eigenvalue weighted by molar-refractivity contribution is -0.152. The quantitative estimate of drug-likeness (QED) is 0.508. The molecule has 2 aliphatic rings. The summed E-state index contributed by atoms with van der Waals surface area (Å²) in [4.78, 5) is 40.8. The maximum atomic E-state index is 12.9. The number of hydrogen-bond donors (Lipinski definition) is 0. The van der Waals surface area contributed by atoms with E-state index in [0.29, 0.717) is 52.0 Å². The molecule has 2 aliphatic heterocycles. The summed E-state index contributed by atoms with van der Waals surface area (Å²) in [5.74, 6) is -1.29. The topological polar surface area (TPSA) is 104 Å². The van der Waals surface area contributed by atoms with Gasteiger partial charge in [-0.3, -0.25) is 14.4 Å². The number of piperidine rings is 2. The van der Waals surface area contributed by atoms with Crippen molar-refractivity contribution < 1.29 is 27.5 Å². The third-order valence-corrected chi connectivity index (χ3v) is 8.38. The van der Waals surface area contributed by atoms with Gasteiger partial charge >= 0.3 is 5.97 Å². The number of carbonyl (C=O) groups excluding carboxylic acids is 3. The number of carbonyl (C=O) groups is 3. The van der Waals surface area contributed by atoms with Crippen molar-refractivity contribution >= 4 is 27.8 Å². The average molecular weight is 494 g/mol. The molecule has 2 heterocycles. The Balaban J connectivity index is 1.48. The third-order valence-electron chi connectivity index (χ3n) is 6.53. The number of likely N-dealkylation sites (tertiary alicyclic amines) is 1. The Morgan fingerprint density at radius 2 is 1.71 bits per heavy atom. The number of sulfonamides is 1. The fourth-order valence-electron chi connectivity index (χ4n) is 4.61. The number of nitrogens with zero attached hydrogens (tertiary/aromatic N) is 3. The number of ether oxygens (including phenoxy) is 1. The monoisotopic (exact) mass is 493 g/mol. The van der Waals surface area contributed by atoms with Gasteiger partial charge in [0, 0.05) is 39.1 Å². The van der Waals surface area contributed by atoms with Crippen LogP contribution in [-0.2, 0) is 34.9 Å². The first-order valence-corrected chi connectivity index (χ1v) is 13.5. The first kappa shape index (κ1) is 26.2. The molecule has 1 aromatic rings. The van der Waals surface area contributed by atoms with Gasteiger partial charge in [0.05, 0.1) is 24.8 Å². The van der Waals surface area contributed by atoms with Crippen LogP contribution in [0.4, 0.5) is 0 Å². The minimum atomic E-state index is -3.45. The molecule has 188 valence electrons. The standard InChI is InChI=1S/C24H35N3O6S/c1-3-33-24(30)21-10-7-13-26(16-21)22(28)17-25(2)23(29)20-11-14-27(15-12-20)34(31,32)18-19-8-5-4-6-9-19/h4-6,8-9,20-21H,3,7,10-18H2,1-2H3. The lowest BCUT2D eigenvalue weighted by Gasteiger charge is -2.34. The number of rotatable bonds is 8. The summed E-state index contributed by atoms with van der Waals surface area (Å²) >= 11 is 0. The van der Waals surface area contributed by atoms with Crippen molar-refractivity contribution in [3.63, 3.8) is 0 Å². The van der Waals surface area contributed by atoms with Crippen LogP contribution >= 0.6 is 0 Å². The summed E-state index contributed by atoms with van der Waals surface area (Å²) < 4.78 is 32.0. The molecule has 0 radical (unpaired) electrons. The van der Waals surface area contributed by atoms with Crippen molar-refractivity contribution in [2.45, 2.75) is 38.4 Å². The molecule has 3 rings (SSSR count).